The molecule has 0 aliphatic carbocycles. The number of carbonyl (C=O) groups is 1. The predicted octanol–water partition coefficient (Wildman–Crippen LogP) is 2.00. The Balaban J connectivity index is 4.24. The summed E-state index contributed by atoms with van der Waals surface area (Å²) >= 11 is 1.06. The maximum Gasteiger partial charge on any atom is 0.422 e. The van der Waals surface area contributed by atoms with E-state index in [9.17, 15) is 18.0 Å². The molecule has 0 rings (SSSR count). The molecule has 0 aliphatic heterocycles. The first-order valence-corrected chi connectivity index (χ1v) is 2.86. The van der Waals surface area contributed by atoms with Crippen LogP contribution in [0.3, 0.4) is 0 Å². The van der Waals surface area contributed by atoms with Crippen molar-refractivity contribution in [3.8, 4) is 0 Å². The van der Waals surface area contributed by atoms with Crippen LogP contribution in [0.5, 0.6) is 0 Å². The molecule has 2 nitrogen and oxygen atoms in total. The second-order valence-corrected chi connectivity index (χ2v) is 1.78. The van der Waals surface area contributed by atoms with Gasteiger partial charge >= 0.3 is 12.1 Å². The zero-order valence-corrected chi connectivity index (χ0v) is 6.69. The van der Waals surface area contributed by atoms with Crippen molar-refractivity contribution in [1.29, 1.82) is 0 Å². The van der Waals surface area contributed by atoms with Crippen molar-refractivity contribution in [3.63, 3.8) is 0 Å². The van der Waals surface area contributed by atoms with Crippen LogP contribution in [0, 0.1) is 0 Å². The molecule has 6 heteroatoms. The summed E-state index contributed by atoms with van der Waals surface area (Å²) in [6, 6.07) is 0. The summed E-state index contributed by atoms with van der Waals surface area (Å²) < 4.78 is 38.2. The molecule has 0 amide bonds. The second-order valence-electron chi connectivity index (χ2n) is 1.34. The van der Waals surface area contributed by atoms with Crippen LogP contribution < -0.4 is 0 Å². The molecule has 0 N–H and O–H groups in total. The molecule has 0 saturated heterocycles. The maximum absolute atomic E-state index is 11.5. The SMILES string of the molecule is C=C(C(=O)OI)C(F)(F)F. The quantitative estimate of drug-likeness (QED) is 0.536. The Morgan fingerprint density at radius 1 is 1.50 bits per heavy atom. The summed E-state index contributed by atoms with van der Waals surface area (Å²) in [4.78, 5) is 10.1. The summed E-state index contributed by atoms with van der Waals surface area (Å²) in [7, 11) is 0. The Labute approximate surface area is 68.7 Å². The van der Waals surface area contributed by atoms with Crippen molar-refractivity contribution < 1.29 is 21.0 Å². The lowest BCUT2D eigenvalue weighted by Gasteiger charge is -2.04. The first kappa shape index (κ1) is 9.73. The summed E-state index contributed by atoms with van der Waals surface area (Å²) in [6.07, 6.45) is -4.69. The molecule has 0 heterocycles. The largest absolute Gasteiger partial charge is 0.422 e. The van der Waals surface area contributed by atoms with Crippen molar-refractivity contribution in [1.82, 2.24) is 0 Å². The lowest BCUT2D eigenvalue weighted by atomic mass is 10.3. The highest BCUT2D eigenvalue weighted by molar-refractivity contribution is 14.1. The van der Waals surface area contributed by atoms with Crippen molar-refractivity contribution in [2.45, 2.75) is 6.18 Å². The maximum atomic E-state index is 11.5. The number of halogens is 4. The van der Waals surface area contributed by atoms with Gasteiger partial charge in [-0.05, 0) is 0 Å². The number of rotatable bonds is 1. The molecule has 0 atom stereocenters. The first-order chi connectivity index (χ1) is 4.39. The number of alkyl halides is 3. The summed E-state index contributed by atoms with van der Waals surface area (Å²) in [6.45, 7) is 2.49. The molecule has 0 aromatic carbocycles. The molecule has 10 heavy (non-hydrogen) atoms. The first-order valence-electron chi connectivity index (χ1n) is 1.98. The fourth-order valence-electron chi connectivity index (χ4n) is 0.162. The van der Waals surface area contributed by atoms with Crippen LogP contribution in [0.15, 0.2) is 12.2 Å². The van der Waals surface area contributed by atoms with Crippen LogP contribution in [-0.4, -0.2) is 12.1 Å². The van der Waals surface area contributed by atoms with Gasteiger partial charge in [-0.2, -0.15) is 13.2 Å². The van der Waals surface area contributed by atoms with Gasteiger partial charge in [-0.1, -0.05) is 6.58 Å². The highest BCUT2D eigenvalue weighted by atomic mass is 127. The molecule has 0 radical (unpaired) electrons. The minimum absolute atomic E-state index is 1.06. The van der Waals surface area contributed by atoms with Gasteiger partial charge < -0.3 is 3.07 Å². The molecular formula is C4H2F3IO2. The lowest BCUT2D eigenvalue weighted by Crippen LogP contribution is -2.18. The highest BCUT2D eigenvalue weighted by Gasteiger charge is 2.37. The number of hydrogen-bond donors (Lipinski definition) is 0. The average molecular weight is 266 g/mol. The monoisotopic (exact) mass is 266 g/mol. The van der Waals surface area contributed by atoms with E-state index in [0.717, 1.165) is 23.0 Å². The van der Waals surface area contributed by atoms with Gasteiger partial charge in [-0.25, -0.2) is 4.79 Å². The van der Waals surface area contributed by atoms with Crippen LogP contribution in [0.25, 0.3) is 0 Å². The van der Waals surface area contributed by atoms with Crippen LogP contribution in [0.4, 0.5) is 13.2 Å². The Kier molecular flexibility index (Phi) is 3.13. The average Bonchev–Trinajstić information content (AvgIpc) is 1.83. The Hall–Kier alpha value is -0.270. The van der Waals surface area contributed by atoms with Gasteiger partial charge in [0.05, 0.1) is 0 Å². The van der Waals surface area contributed by atoms with E-state index in [1.165, 1.54) is 0 Å². The van der Waals surface area contributed by atoms with Gasteiger partial charge in [0, 0.05) is 0 Å². The van der Waals surface area contributed by atoms with Crippen LogP contribution in [0.2, 0.25) is 0 Å². The number of hydrogen-bond acceptors (Lipinski definition) is 2. The summed E-state index contributed by atoms with van der Waals surface area (Å²) in [5.74, 6) is -1.46. The van der Waals surface area contributed by atoms with Crippen LogP contribution in [0.1, 0.15) is 0 Å². The van der Waals surface area contributed by atoms with Gasteiger partial charge in [0.2, 0.25) is 0 Å². The Morgan fingerprint density at radius 2 is 1.90 bits per heavy atom. The van der Waals surface area contributed by atoms with E-state index >= 15 is 0 Å². The molecule has 0 aliphatic rings. The standard InChI is InChI=1S/C4H2F3IO2/c1-2(3(9)10-8)4(5,6)7/h1H2. The van der Waals surface area contributed by atoms with Crippen molar-refractivity contribution in [3.05, 3.63) is 12.2 Å². The van der Waals surface area contributed by atoms with Gasteiger partial charge in [0.25, 0.3) is 0 Å². The fourth-order valence-corrected chi connectivity index (χ4v) is 0.428. The predicted molar refractivity (Wildman–Crippen MR) is 35.3 cm³/mol. The summed E-state index contributed by atoms with van der Waals surface area (Å²) in [5.41, 5.74) is -1.50. The minimum atomic E-state index is -4.69. The molecule has 0 fully saturated rings. The van der Waals surface area contributed by atoms with E-state index in [0.29, 0.717) is 0 Å². The third kappa shape index (κ3) is 2.54. The van der Waals surface area contributed by atoms with E-state index in [-0.39, 0.29) is 0 Å². The third-order valence-corrected chi connectivity index (χ3v) is 1.06. The zero-order valence-electron chi connectivity index (χ0n) is 4.54. The van der Waals surface area contributed by atoms with Gasteiger partial charge in [-0.3, -0.25) is 0 Å². The smallest absolute Gasteiger partial charge is 0.391 e. The van der Waals surface area contributed by atoms with E-state index < -0.39 is 17.7 Å². The number of carbonyl (C=O) groups excluding carboxylic acids is 1. The molecule has 0 unspecified atom stereocenters. The van der Waals surface area contributed by atoms with E-state index in [1.54, 1.807) is 0 Å². The lowest BCUT2D eigenvalue weighted by molar-refractivity contribution is -0.139. The zero-order chi connectivity index (χ0) is 8.36. The topological polar surface area (TPSA) is 26.3 Å². The molecule has 0 aromatic rings. The molecule has 0 bridgehead atoms. The van der Waals surface area contributed by atoms with E-state index in [1.807, 2.05) is 0 Å². The Morgan fingerprint density at radius 3 is 2.00 bits per heavy atom. The fraction of sp³-hybridized carbons (Fsp3) is 0.250. The minimum Gasteiger partial charge on any atom is -0.391 e. The molecule has 58 valence electrons. The van der Waals surface area contributed by atoms with E-state index in [4.69, 9.17) is 0 Å². The van der Waals surface area contributed by atoms with Gasteiger partial charge in [0.15, 0.2) is 23.0 Å². The molecule has 0 aromatic heterocycles. The third-order valence-electron chi connectivity index (χ3n) is 0.659. The van der Waals surface area contributed by atoms with Crippen LogP contribution >= 0.6 is 23.0 Å². The second kappa shape index (κ2) is 3.22. The van der Waals surface area contributed by atoms with Crippen molar-refractivity contribution in [2.24, 2.45) is 0 Å². The van der Waals surface area contributed by atoms with E-state index in [2.05, 4.69) is 9.65 Å². The highest BCUT2D eigenvalue weighted by Crippen LogP contribution is 2.25. The molecule has 0 spiro atoms. The van der Waals surface area contributed by atoms with Crippen molar-refractivity contribution in [2.75, 3.05) is 0 Å². The Bertz CT molecular complexity index is 162. The van der Waals surface area contributed by atoms with Crippen molar-refractivity contribution >= 4 is 29.0 Å². The molecular weight excluding hydrogens is 264 g/mol. The normalized spacial score (nSPS) is 10.8. The van der Waals surface area contributed by atoms with Gasteiger partial charge in [-0.15, -0.1) is 0 Å². The van der Waals surface area contributed by atoms with Gasteiger partial charge in [0.1, 0.15) is 5.57 Å². The molecule has 0 saturated carbocycles. The summed E-state index contributed by atoms with van der Waals surface area (Å²) in [5, 5.41) is 0. The van der Waals surface area contributed by atoms with Crippen LogP contribution in [-0.2, 0) is 7.86 Å².